The summed E-state index contributed by atoms with van der Waals surface area (Å²) in [5, 5.41) is 3.33. The van der Waals surface area contributed by atoms with Gasteiger partial charge in [-0.05, 0) is 12.0 Å². The topological polar surface area (TPSA) is 24.5 Å². The van der Waals surface area contributed by atoms with E-state index < -0.39 is 0 Å². The lowest BCUT2D eigenvalue weighted by Gasteiger charge is -2.26. The molecule has 0 unspecified atom stereocenters. The summed E-state index contributed by atoms with van der Waals surface area (Å²) in [6.45, 7) is 5.80. The van der Waals surface area contributed by atoms with Crippen molar-refractivity contribution in [1.29, 1.82) is 0 Å². The van der Waals surface area contributed by atoms with E-state index in [9.17, 15) is 0 Å². The molecule has 1 aliphatic rings. The maximum absolute atomic E-state index is 4.91. The minimum absolute atomic E-state index is 1.08. The summed E-state index contributed by atoms with van der Waals surface area (Å²) < 4.78 is 4.91. The molecule has 0 aromatic heterocycles. The molecule has 1 saturated heterocycles. The molecule has 0 bridgehead atoms. The minimum atomic E-state index is 1.08. The number of rotatable bonds is 4. The Balaban J connectivity index is 1.96. The molecule has 0 amide bonds. The first-order valence-electron chi connectivity index (χ1n) is 4.02. The zero-order valence-electron chi connectivity index (χ0n) is 7.01. The molecular weight excluding hydrogens is 160 g/mol. The van der Waals surface area contributed by atoms with Crippen molar-refractivity contribution in [3.05, 3.63) is 0 Å². The van der Waals surface area contributed by atoms with Crippen LogP contribution in [0.1, 0.15) is 0 Å². The zero-order valence-corrected chi connectivity index (χ0v) is 7.82. The van der Waals surface area contributed by atoms with Crippen LogP contribution < -0.4 is 5.32 Å². The molecule has 0 spiro atoms. The van der Waals surface area contributed by atoms with Gasteiger partial charge in [-0.15, -0.1) is 0 Å². The van der Waals surface area contributed by atoms with Gasteiger partial charge < -0.3 is 9.50 Å². The van der Waals surface area contributed by atoms with E-state index in [0.29, 0.717) is 0 Å². The molecular formula is C7H16N2OS. The molecule has 0 aliphatic carbocycles. The lowest BCUT2D eigenvalue weighted by atomic mass is 10.4. The second kappa shape index (κ2) is 5.83. The van der Waals surface area contributed by atoms with Crippen molar-refractivity contribution in [2.24, 2.45) is 0 Å². The number of hydrogen-bond donors (Lipinski definition) is 1. The molecule has 1 heterocycles. The van der Waals surface area contributed by atoms with Crippen molar-refractivity contribution in [3.8, 4) is 0 Å². The van der Waals surface area contributed by atoms with E-state index in [1.165, 1.54) is 25.1 Å². The number of nitrogens with one attached hydrogen (secondary N) is 1. The van der Waals surface area contributed by atoms with Gasteiger partial charge in [0.25, 0.3) is 0 Å². The Morgan fingerprint density at radius 2 is 2.18 bits per heavy atom. The van der Waals surface area contributed by atoms with Crippen LogP contribution in [0, 0.1) is 0 Å². The monoisotopic (exact) mass is 176 g/mol. The van der Waals surface area contributed by atoms with Crippen molar-refractivity contribution in [2.45, 2.75) is 0 Å². The Morgan fingerprint density at radius 1 is 1.45 bits per heavy atom. The van der Waals surface area contributed by atoms with Gasteiger partial charge in [0, 0.05) is 38.5 Å². The Morgan fingerprint density at radius 3 is 2.82 bits per heavy atom. The molecule has 11 heavy (non-hydrogen) atoms. The van der Waals surface area contributed by atoms with E-state index in [2.05, 4.69) is 10.2 Å². The van der Waals surface area contributed by atoms with Crippen LogP contribution >= 0.6 is 12.0 Å². The van der Waals surface area contributed by atoms with E-state index in [1.807, 2.05) is 0 Å². The highest BCUT2D eigenvalue weighted by Gasteiger charge is 2.07. The van der Waals surface area contributed by atoms with Crippen molar-refractivity contribution in [1.82, 2.24) is 10.2 Å². The highest BCUT2D eigenvalue weighted by atomic mass is 32.2. The van der Waals surface area contributed by atoms with Crippen LogP contribution in [0.25, 0.3) is 0 Å². The largest absolute Gasteiger partial charge is 0.319 e. The molecule has 1 fully saturated rings. The van der Waals surface area contributed by atoms with Crippen molar-refractivity contribution >= 4 is 12.0 Å². The highest BCUT2D eigenvalue weighted by molar-refractivity contribution is 7.94. The SMILES string of the molecule is COSCCN1CCNCC1. The Hall–Kier alpha value is 0.230. The molecule has 3 nitrogen and oxygen atoms in total. The molecule has 4 heteroatoms. The fraction of sp³-hybridized carbons (Fsp3) is 1.00. The van der Waals surface area contributed by atoms with Gasteiger partial charge in [-0.25, -0.2) is 0 Å². The lowest BCUT2D eigenvalue weighted by Crippen LogP contribution is -2.44. The molecule has 0 aromatic carbocycles. The number of hydrogen-bond acceptors (Lipinski definition) is 4. The van der Waals surface area contributed by atoms with Crippen LogP contribution in [0.3, 0.4) is 0 Å². The smallest absolute Gasteiger partial charge is 0.0503 e. The summed E-state index contributed by atoms with van der Waals surface area (Å²) in [7, 11) is 1.72. The third-order valence-corrected chi connectivity index (χ3v) is 2.40. The zero-order chi connectivity index (χ0) is 7.94. The van der Waals surface area contributed by atoms with Gasteiger partial charge in [-0.1, -0.05) is 0 Å². The van der Waals surface area contributed by atoms with E-state index >= 15 is 0 Å². The molecule has 0 aromatic rings. The molecule has 66 valence electrons. The molecule has 0 saturated carbocycles. The Bertz CT molecular complexity index is 96.4. The summed E-state index contributed by atoms with van der Waals surface area (Å²) in [5.41, 5.74) is 0. The van der Waals surface area contributed by atoms with Crippen LogP contribution in [0.4, 0.5) is 0 Å². The second-order valence-corrected chi connectivity index (χ2v) is 3.56. The van der Waals surface area contributed by atoms with Crippen LogP contribution in [0.5, 0.6) is 0 Å². The van der Waals surface area contributed by atoms with Crippen LogP contribution in [-0.4, -0.2) is 50.5 Å². The summed E-state index contributed by atoms with van der Waals surface area (Å²) in [6, 6.07) is 0. The Labute approximate surface area is 72.7 Å². The van der Waals surface area contributed by atoms with Gasteiger partial charge in [-0.2, -0.15) is 0 Å². The van der Waals surface area contributed by atoms with Gasteiger partial charge in [0.2, 0.25) is 0 Å². The van der Waals surface area contributed by atoms with Gasteiger partial charge in [-0.3, -0.25) is 4.90 Å². The van der Waals surface area contributed by atoms with Crippen LogP contribution in [0.15, 0.2) is 0 Å². The summed E-state index contributed by atoms with van der Waals surface area (Å²) in [6.07, 6.45) is 0. The standard InChI is InChI=1S/C7H16N2OS/c1-10-11-7-6-9-4-2-8-3-5-9/h8H,2-7H2,1H3. The third-order valence-electron chi connectivity index (χ3n) is 1.82. The fourth-order valence-corrected chi connectivity index (χ4v) is 1.68. The van der Waals surface area contributed by atoms with E-state index in [0.717, 1.165) is 25.4 Å². The third kappa shape index (κ3) is 3.96. The summed E-state index contributed by atoms with van der Waals surface area (Å²) in [4.78, 5) is 2.46. The molecule has 1 aliphatic heterocycles. The van der Waals surface area contributed by atoms with Crippen molar-refractivity contribution in [2.75, 3.05) is 45.6 Å². The molecule has 0 atom stereocenters. The first-order chi connectivity index (χ1) is 5.43. The first kappa shape index (κ1) is 9.32. The molecule has 1 rings (SSSR count). The van der Waals surface area contributed by atoms with E-state index in [1.54, 1.807) is 7.11 Å². The van der Waals surface area contributed by atoms with Crippen molar-refractivity contribution in [3.63, 3.8) is 0 Å². The van der Waals surface area contributed by atoms with Gasteiger partial charge >= 0.3 is 0 Å². The predicted octanol–water partition coefficient (Wildman–Crippen LogP) is 0.186. The average Bonchev–Trinajstić information content (AvgIpc) is 2.07. The average molecular weight is 176 g/mol. The normalized spacial score (nSPS) is 20.5. The van der Waals surface area contributed by atoms with Gasteiger partial charge in [0.15, 0.2) is 0 Å². The van der Waals surface area contributed by atoms with Crippen molar-refractivity contribution < 1.29 is 4.18 Å². The lowest BCUT2D eigenvalue weighted by molar-refractivity contribution is 0.254. The summed E-state index contributed by atoms with van der Waals surface area (Å²) in [5.74, 6) is 1.08. The van der Waals surface area contributed by atoms with Gasteiger partial charge in [0.05, 0.1) is 7.11 Å². The number of nitrogens with zero attached hydrogens (tertiary/aromatic N) is 1. The van der Waals surface area contributed by atoms with Crippen LogP contribution in [-0.2, 0) is 4.18 Å². The quantitative estimate of drug-likeness (QED) is 0.488. The molecule has 0 radical (unpaired) electrons. The maximum atomic E-state index is 4.91. The van der Waals surface area contributed by atoms with Gasteiger partial charge in [0.1, 0.15) is 0 Å². The first-order valence-corrected chi connectivity index (χ1v) is 4.93. The predicted molar refractivity (Wildman–Crippen MR) is 48.8 cm³/mol. The Kier molecular flexibility index (Phi) is 4.94. The minimum Gasteiger partial charge on any atom is -0.319 e. The second-order valence-electron chi connectivity index (χ2n) is 2.58. The van der Waals surface area contributed by atoms with E-state index in [4.69, 9.17) is 4.18 Å². The maximum Gasteiger partial charge on any atom is 0.0503 e. The number of piperazine rings is 1. The fourth-order valence-electron chi connectivity index (χ4n) is 1.18. The highest BCUT2D eigenvalue weighted by Crippen LogP contribution is 2.00. The van der Waals surface area contributed by atoms with Crippen LogP contribution in [0.2, 0.25) is 0 Å². The van der Waals surface area contributed by atoms with E-state index in [-0.39, 0.29) is 0 Å². The molecule has 1 N–H and O–H groups in total. The summed E-state index contributed by atoms with van der Waals surface area (Å²) >= 11 is 1.54.